The van der Waals surface area contributed by atoms with Crippen LogP contribution in [0.1, 0.15) is 69.7 Å². The average molecular weight is 1190 g/mol. The van der Waals surface area contributed by atoms with E-state index in [1.54, 1.807) is 58.2 Å². The molecular weight excluding hydrogens is 1130 g/mol. The minimum Gasteiger partial charge on any atom is -0.790 e. The molecule has 0 unspecified atom stereocenters. The molecule has 5 rings (SSSR count). The van der Waals surface area contributed by atoms with Gasteiger partial charge in [0.2, 0.25) is 0 Å². The van der Waals surface area contributed by atoms with Gasteiger partial charge in [-0.3, -0.25) is 23.2 Å². The van der Waals surface area contributed by atoms with Crippen molar-refractivity contribution in [3.05, 3.63) is 157 Å². The molecule has 0 radical (unpaired) electrons. The van der Waals surface area contributed by atoms with E-state index < -0.39 is 73.6 Å². The van der Waals surface area contributed by atoms with Crippen LogP contribution in [0.2, 0.25) is 0 Å². The van der Waals surface area contributed by atoms with Crippen molar-refractivity contribution in [3.8, 4) is 11.8 Å². The fraction of sp³-hybridized carbons (Fsp3) is 0.415. The standard InChI is InChI=1S/C33H36F3N4O8PS.C20H29O7P.2Na/c1-22(50-26-17-45-30(46-18-26)7-5-4-6-24-9-8-23(16-37)14-28(24)35)33(19-40-21-38-20-39-40,27-11-10-25(34)15-29(27)36)48-31(41)32(2,3)12-13-47-49(42,43)44;1-6-13-25-28(22,26-14-7-2)27-15-12-20(3,4)19(21)24-16-17-8-10-18(23-5)11-9-17;;/h4-11,14-15,20-22,26,30H,12-13,17-19H2,1-3H3,(H2,42,43,44);6-11H,1-2,12-16H2,3-5H3;;/q;;2*+1/p-2/b6-4+,7-5+;;;/t22-,26?,30?,33-;;;/m1.../s1. The summed E-state index contributed by atoms with van der Waals surface area (Å²) in [5.41, 5.74) is -2.88. The summed E-state index contributed by atoms with van der Waals surface area (Å²) in [5.74, 6) is -2.91. The number of aromatic nitrogens is 3. The number of rotatable bonds is 29. The molecule has 424 valence electrons. The molecule has 27 heteroatoms. The number of allylic oxidation sites excluding steroid dienone is 2. The Morgan fingerprint density at radius 3 is 2.06 bits per heavy atom. The number of hydrogen-bond acceptors (Lipinski definition) is 19. The predicted octanol–water partition coefficient (Wildman–Crippen LogP) is 3.09. The largest absolute Gasteiger partial charge is 1.00 e. The molecule has 4 aromatic rings. The molecule has 19 nitrogen and oxygen atoms in total. The topological polar surface area (TPSA) is 252 Å². The summed E-state index contributed by atoms with van der Waals surface area (Å²) in [4.78, 5) is 52.1. The molecule has 3 aromatic carbocycles. The zero-order valence-electron chi connectivity index (χ0n) is 46.0. The van der Waals surface area contributed by atoms with Gasteiger partial charge in [0.25, 0.3) is 0 Å². The van der Waals surface area contributed by atoms with E-state index in [2.05, 4.69) is 27.8 Å². The third-order valence-corrected chi connectivity index (χ3v) is 14.9. The number of benzene rings is 3. The Morgan fingerprint density at radius 1 is 0.887 bits per heavy atom. The van der Waals surface area contributed by atoms with E-state index in [4.69, 9.17) is 42.5 Å². The number of nitrogens with zero attached hydrogens (tertiary/aromatic N) is 4. The van der Waals surface area contributed by atoms with Crippen LogP contribution < -0.4 is 73.6 Å². The van der Waals surface area contributed by atoms with Gasteiger partial charge in [0.15, 0.2) is 11.9 Å². The van der Waals surface area contributed by atoms with E-state index in [9.17, 15) is 37.3 Å². The van der Waals surface area contributed by atoms with E-state index in [0.29, 0.717) is 11.6 Å². The summed E-state index contributed by atoms with van der Waals surface area (Å²) < 4.78 is 117. The fourth-order valence-electron chi connectivity index (χ4n) is 6.92. The number of esters is 2. The molecule has 0 aliphatic carbocycles. The summed E-state index contributed by atoms with van der Waals surface area (Å²) >= 11 is 1.27. The van der Waals surface area contributed by atoms with Crippen molar-refractivity contribution in [3.63, 3.8) is 0 Å². The van der Waals surface area contributed by atoms with Gasteiger partial charge in [0.05, 0.1) is 88.8 Å². The zero-order valence-corrected chi connectivity index (χ0v) is 52.6. The second-order valence-electron chi connectivity index (χ2n) is 18.4. The van der Waals surface area contributed by atoms with Crippen LogP contribution >= 0.6 is 27.4 Å². The normalized spacial score (nSPS) is 15.9. The summed E-state index contributed by atoms with van der Waals surface area (Å²) in [5, 5.41) is 11.9. The number of phosphoric ester groups is 2. The average Bonchev–Trinajstić information content (AvgIpc) is 3.91. The van der Waals surface area contributed by atoms with Gasteiger partial charge in [0, 0.05) is 22.4 Å². The van der Waals surface area contributed by atoms with Crippen LogP contribution in [0.5, 0.6) is 5.75 Å². The molecule has 1 aliphatic rings. The van der Waals surface area contributed by atoms with Crippen molar-refractivity contribution >= 4 is 45.4 Å². The number of ether oxygens (including phenoxy) is 5. The number of halogens is 3. The number of thioether (sulfide) groups is 1. The van der Waals surface area contributed by atoms with Gasteiger partial charge in [-0.25, -0.2) is 27.4 Å². The van der Waals surface area contributed by atoms with Crippen LogP contribution in [-0.4, -0.2) is 90.2 Å². The van der Waals surface area contributed by atoms with Gasteiger partial charge in [0.1, 0.15) is 42.5 Å². The van der Waals surface area contributed by atoms with Gasteiger partial charge in [-0.2, -0.15) is 10.4 Å². The Bertz CT molecular complexity index is 2800. The first-order chi connectivity index (χ1) is 36.9. The molecule has 80 heavy (non-hydrogen) atoms. The molecule has 0 amide bonds. The molecule has 1 aliphatic heterocycles. The minimum absolute atomic E-state index is 0. The first-order valence-corrected chi connectivity index (χ1v) is 27.9. The molecule has 0 N–H and O–H groups in total. The van der Waals surface area contributed by atoms with Gasteiger partial charge < -0.3 is 42.6 Å². The maximum Gasteiger partial charge on any atom is 1.00 e. The number of carbonyl (C=O) groups excluding carboxylic acids is 2. The Labute approximate surface area is 513 Å². The van der Waals surface area contributed by atoms with Crippen LogP contribution in [-0.2, 0) is 74.5 Å². The van der Waals surface area contributed by atoms with Crippen molar-refractivity contribution in [1.82, 2.24) is 14.8 Å². The van der Waals surface area contributed by atoms with Crippen molar-refractivity contribution in [2.75, 3.05) is 46.8 Å². The van der Waals surface area contributed by atoms with Crippen molar-refractivity contribution in [2.24, 2.45) is 10.8 Å². The van der Waals surface area contributed by atoms with Crippen LogP contribution in [0.3, 0.4) is 0 Å². The summed E-state index contributed by atoms with van der Waals surface area (Å²) in [6.45, 7) is 14.7. The van der Waals surface area contributed by atoms with Crippen LogP contribution in [0.25, 0.3) is 6.08 Å². The van der Waals surface area contributed by atoms with E-state index in [-0.39, 0.29) is 140 Å². The summed E-state index contributed by atoms with van der Waals surface area (Å²) in [7, 11) is -7.46. The summed E-state index contributed by atoms with van der Waals surface area (Å²) in [6, 6.07) is 16.1. The Hall–Kier alpha value is -3.73. The second kappa shape index (κ2) is 34.8. The molecule has 1 aromatic heterocycles. The predicted molar refractivity (Wildman–Crippen MR) is 279 cm³/mol. The molecule has 0 saturated carbocycles. The molecule has 2 heterocycles. The first kappa shape index (κ1) is 72.4. The second-order valence-corrected chi connectivity index (χ2v) is 22.9. The van der Waals surface area contributed by atoms with E-state index >= 15 is 4.39 Å². The minimum atomic E-state index is -5.30. The van der Waals surface area contributed by atoms with Crippen LogP contribution in [0.4, 0.5) is 13.2 Å². The SMILES string of the molecule is C=CCOP(=O)(OCC=C)OCCC(C)(C)C(=O)OCc1ccc(OC)cc1.C[C@@H](SC1COC(/C=C/C=C/c2ccc(C#N)cc2F)OC1)[C@@](Cn1cncn1)(OC(=O)C(C)(C)CCOP(=O)([O-])[O-])c1ccc(F)cc1F.[Na+].[Na+]. The monoisotopic (exact) mass is 1190 g/mol. The number of nitriles is 1. The Balaban J connectivity index is 0.000000622. The van der Waals surface area contributed by atoms with Crippen LogP contribution in [0, 0.1) is 39.6 Å². The maximum atomic E-state index is 15.7. The number of carbonyl (C=O) groups is 2. The molecule has 2 atom stereocenters. The number of hydrogen-bond donors (Lipinski definition) is 0. The number of phosphoric acid groups is 2. The molecule has 0 bridgehead atoms. The molecule has 1 saturated heterocycles. The fourth-order valence-corrected chi connectivity index (χ4v) is 9.71. The van der Waals surface area contributed by atoms with Gasteiger partial charge in [-0.1, -0.05) is 48.6 Å². The van der Waals surface area contributed by atoms with E-state index in [1.807, 2.05) is 18.2 Å². The Morgan fingerprint density at radius 2 is 1.51 bits per heavy atom. The van der Waals surface area contributed by atoms with E-state index in [1.165, 1.54) is 79.4 Å². The zero-order chi connectivity index (χ0) is 57.6. The van der Waals surface area contributed by atoms with Crippen molar-refractivity contribution in [1.29, 1.82) is 5.26 Å². The van der Waals surface area contributed by atoms with Gasteiger partial charge in [-0.05, 0) is 95.5 Å². The maximum absolute atomic E-state index is 15.7. The summed E-state index contributed by atoms with van der Waals surface area (Å²) in [6.07, 6.45) is 11.1. The number of methoxy groups -OCH3 is 1. The van der Waals surface area contributed by atoms with Crippen molar-refractivity contribution in [2.45, 2.75) is 83.0 Å². The first-order valence-electron chi connectivity index (χ1n) is 24.0. The third-order valence-electron chi connectivity index (χ3n) is 11.5. The van der Waals surface area contributed by atoms with Crippen molar-refractivity contribution < 1.29 is 143 Å². The van der Waals surface area contributed by atoms with E-state index in [0.717, 1.165) is 23.4 Å². The quantitative estimate of drug-likeness (QED) is 0.0249. The molecule has 1 fully saturated rings. The third kappa shape index (κ3) is 23.9. The molecule has 0 spiro atoms. The smallest absolute Gasteiger partial charge is 0.790 e. The van der Waals surface area contributed by atoms with Gasteiger partial charge in [-0.15, -0.1) is 24.9 Å². The Kier molecular flexibility index (Phi) is 31.5. The van der Waals surface area contributed by atoms with Crippen LogP contribution in [0.15, 0.2) is 117 Å². The molecular formula is C53H63F3N4Na2O15P2S. The van der Waals surface area contributed by atoms with Gasteiger partial charge >= 0.3 is 78.9 Å².